The van der Waals surface area contributed by atoms with Crippen LogP contribution >= 0.6 is 0 Å². The number of hydrogen-bond acceptors (Lipinski definition) is 4. The molecule has 0 saturated carbocycles. The molecule has 0 N–H and O–H groups in total. The fourth-order valence-corrected chi connectivity index (χ4v) is 4.47. The number of piperazine rings is 1. The zero-order valence-corrected chi connectivity index (χ0v) is 15.2. The van der Waals surface area contributed by atoms with Gasteiger partial charge in [0.2, 0.25) is 10.0 Å². The second-order valence-electron chi connectivity index (χ2n) is 6.01. The number of amides is 1. The predicted molar refractivity (Wildman–Crippen MR) is 89.3 cm³/mol. The van der Waals surface area contributed by atoms with Crippen LogP contribution < -0.4 is 0 Å². The maximum atomic E-state index is 13.8. The Kier molecular flexibility index (Phi) is 5.24. The van der Waals surface area contributed by atoms with E-state index in [9.17, 15) is 26.4 Å². The van der Waals surface area contributed by atoms with Crippen LogP contribution in [0.5, 0.6) is 0 Å². The van der Waals surface area contributed by atoms with Crippen molar-refractivity contribution < 1.29 is 26.4 Å². The van der Waals surface area contributed by atoms with Gasteiger partial charge in [0.15, 0.2) is 0 Å². The van der Waals surface area contributed by atoms with E-state index < -0.39 is 28.3 Å². The van der Waals surface area contributed by atoms with Crippen LogP contribution in [0.1, 0.15) is 22.6 Å². The van der Waals surface area contributed by atoms with Crippen LogP contribution in [0.15, 0.2) is 35.4 Å². The summed E-state index contributed by atoms with van der Waals surface area (Å²) in [6.07, 6.45) is 0.798. The molecule has 27 heavy (non-hydrogen) atoms. The van der Waals surface area contributed by atoms with Gasteiger partial charge in [-0.05, 0) is 19.1 Å². The molecule has 146 valence electrons. The monoisotopic (exact) mass is 402 g/mol. The van der Waals surface area contributed by atoms with Crippen LogP contribution in [-0.4, -0.2) is 59.5 Å². The third-order valence-electron chi connectivity index (χ3n) is 4.32. The summed E-state index contributed by atoms with van der Waals surface area (Å²) in [5, 5.41) is 3.52. The molecular weight excluding hydrogens is 385 g/mol. The molecule has 2 heterocycles. The van der Waals surface area contributed by atoms with E-state index in [1.54, 1.807) is 6.07 Å². The lowest BCUT2D eigenvalue weighted by atomic mass is 10.1. The minimum atomic E-state index is -4.02. The Morgan fingerprint density at radius 2 is 1.78 bits per heavy atom. The number of aromatic nitrogens is 2. The Morgan fingerprint density at radius 3 is 2.33 bits per heavy atom. The molecule has 1 fully saturated rings. The zero-order chi connectivity index (χ0) is 19.8. The van der Waals surface area contributed by atoms with Gasteiger partial charge in [-0.3, -0.25) is 4.79 Å². The summed E-state index contributed by atoms with van der Waals surface area (Å²) in [4.78, 5) is 13.5. The van der Waals surface area contributed by atoms with E-state index in [0.29, 0.717) is 4.68 Å². The molecule has 11 heteroatoms. The fraction of sp³-hybridized carbons (Fsp3) is 0.375. The van der Waals surface area contributed by atoms with Crippen LogP contribution in [0, 0.1) is 12.7 Å². The number of benzene rings is 1. The summed E-state index contributed by atoms with van der Waals surface area (Å²) in [7, 11) is -4.02. The van der Waals surface area contributed by atoms with Crippen LogP contribution in [-0.2, 0) is 10.0 Å². The smallest absolute Gasteiger partial charge is 0.333 e. The minimum absolute atomic E-state index is 0.0260. The van der Waals surface area contributed by atoms with Crippen molar-refractivity contribution in [2.45, 2.75) is 18.4 Å². The van der Waals surface area contributed by atoms with E-state index >= 15 is 0 Å². The molecule has 1 aliphatic heterocycles. The van der Waals surface area contributed by atoms with E-state index in [0.717, 1.165) is 10.5 Å². The second-order valence-corrected chi connectivity index (χ2v) is 7.92. The number of alkyl halides is 2. The minimum Gasteiger partial charge on any atom is -0.336 e. The first-order chi connectivity index (χ1) is 12.7. The molecule has 0 atom stereocenters. The van der Waals surface area contributed by atoms with Crippen molar-refractivity contribution in [3.63, 3.8) is 0 Å². The first-order valence-corrected chi connectivity index (χ1v) is 9.53. The van der Waals surface area contributed by atoms with Crippen molar-refractivity contribution in [1.29, 1.82) is 0 Å². The van der Waals surface area contributed by atoms with E-state index in [1.807, 2.05) is 0 Å². The second kappa shape index (κ2) is 7.31. The van der Waals surface area contributed by atoms with Crippen LogP contribution in [0.25, 0.3) is 0 Å². The lowest BCUT2D eigenvalue weighted by Gasteiger charge is -2.34. The van der Waals surface area contributed by atoms with Gasteiger partial charge in [-0.15, -0.1) is 0 Å². The lowest BCUT2D eigenvalue weighted by Crippen LogP contribution is -2.50. The third-order valence-corrected chi connectivity index (χ3v) is 6.32. The molecule has 2 aromatic rings. The summed E-state index contributed by atoms with van der Waals surface area (Å²) in [5.74, 6) is -1.17. The van der Waals surface area contributed by atoms with Gasteiger partial charge in [-0.2, -0.15) is 18.2 Å². The standard InChI is InChI=1S/C16H17F3N4O3S/c1-11-14(10-23(20-11)16(18)19)27(25,26)22-8-6-21(7-9-22)15(24)12-4-2-3-5-13(12)17/h2-5,10,16H,6-9H2,1H3. The molecule has 0 radical (unpaired) electrons. The molecule has 7 nitrogen and oxygen atoms in total. The van der Waals surface area contributed by atoms with Crippen molar-refractivity contribution in [2.24, 2.45) is 0 Å². The molecule has 1 saturated heterocycles. The van der Waals surface area contributed by atoms with E-state index in [4.69, 9.17) is 0 Å². The molecule has 3 rings (SSSR count). The maximum absolute atomic E-state index is 13.8. The van der Waals surface area contributed by atoms with Crippen molar-refractivity contribution in [1.82, 2.24) is 19.0 Å². The number of sulfonamides is 1. The fourth-order valence-electron chi connectivity index (χ4n) is 2.89. The number of nitrogens with zero attached hydrogens (tertiary/aromatic N) is 4. The largest absolute Gasteiger partial charge is 0.336 e. The topological polar surface area (TPSA) is 75.5 Å². The van der Waals surface area contributed by atoms with Crippen LogP contribution in [0.3, 0.4) is 0 Å². The Hall–Kier alpha value is -2.40. The van der Waals surface area contributed by atoms with E-state index in [1.165, 1.54) is 30.0 Å². The number of carbonyl (C=O) groups is 1. The van der Waals surface area contributed by atoms with Crippen molar-refractivity contribution in [3.8, 4) is 0 Å². The normalized spacial score (nSPS) is 16.1. The Bertz CT molecular complexity index is 954. The molecule has 1 aliphatic rings. The summed E-state index contributed by atoms with van der Waals surface area (Å²) in [5.41, 5.74) is -0.108. The average molecular weight is 402 g/mol. The van der Waals surface area contributed by atoms with Crippen LogP contribution in [0.2, 0.25) is 0 Å². The molecule has 0 spiro atoms. The predicted octanol–water partition coefficient (Wildman–Crippen LogP) is 1.87. The highest BCUT2D eigenvalue weighted by atomic mass is 32.2. The number of rotatable bonds is 4. The first-order valence-electron chi connectivity index (χ1n) is 8.09. The number of hydrogen-bond donors (Lipinski definition) is 0. The third kappa shape index (κ3) is 3.69. The Labute approximate surface area is 154 Å². The lowest BCUT2D eigenvalue weighted by molar-refractivity contribution is 0.0560. The van der Waals surface area contributed by atoms with Crippen molar-refractivity contribution >= 4 is 15.9 Å². The maximum Gasteiger partial charge on any atom is 0.333 e. The van der Waals surface area contributed by atoms with E-state index in [-0.39, 0.29) is 42.3 Å². The van der Waals surface area contributed by atoms with Crippen molar-refractivity contribution in [3.05, 3.63) is 47.5 Å². The van der Waals surface area contributed by atoms with Gasteiger partial charge in [0.05, 0.1) is 17.5 Å². The number of carbonyl (C=O) groups excluding carboxylic acids is 1. The highest BCUT2D eigenvalue weighted by Crippen LogP contribution is 2.23. The van der Waals surface area contributed by atoms with Crippen LogP contribution in [0.4, 0.5) is 13.2 Å². The van der Waals surface area contributed by atoms with E-state index in [2.05, 4.69) is 5.10 Å². The Morgan fingerprint density at radius 1 is 1.15 bits per heavy atom. The molecule has 1 aromatic carbocycles. The van der Waals surface area contributed by atoms with Gasteiger partial charge < -0.3 is 4.90 Å². The summed E-state index contributed by atoms with van der Waals surface area (Å²) >= 11 is 0. The van der Waals surface area contributed by atoms with Gasteiger partial charge in [-0.1, -0.05) is 12.1 Å². The molecule has 0 aliphatic carbocycles. The number of aryl methyl sites for hydroxylation is 1. The molecular formula is C16H17F3N4O3S. The van der Waals surface area contributed by atoms with Gasteiger partial charge in [0.1, 0.15) is 10.7 Å². The summed E-state index contributed by atoms with van der Waals surface area (Å²) in [6, 6.07) is 5.55. The molecule has 1 amide bonds. The Balaban J connectivity index is 1.73. The highest BCUT2D eigenvalue weighted by molar-refractivity contribution is 7.89. The summed E-state index contributed by atoms with van der Waals surface area (Å²) < 4.78 is 66.1. The molecule has 1 aromatic heterocycles. The van der Waals surface area contributed by atoms with Crippen molar-refractivity contribution in [2.75, 3.05) is 26.2 Å². The van der Waals surface area contributed by atoms with Gasteiger partial charge in [0.25, 0.3) is 5.91 Å². The van der Waals surface area contributed by atoms with Gasteiger partial charge in [0, 0.05) is 26.2 Å². The first kappa shape index (κ1) is 19.4. The highest BCUT2D eigenvalue weighted by Gasteiger charge is 2.33. The van der Waals surface area contributed by atoms with Gasteiger partial charge in [-0.25, -0.2) is 17.5 Å². The quantitative estimate of drug-likeness (QED) is 0.783. The average Bonchev–Trinajstić information content (AvgIpc) is 3.04. The SMILES string of the molecule is Cc1nn(C(F)F)cc1S(=O)(=O)N1CCN(C(=O)c2ccccc2F)CC1. The number of halogens is 3. The molecule has 0 bridgehead atoms. The molecule has 0 unspecified atom stereocenters. The van der Waals surface area contributed by atoms with Gasteiger partial charge >= 0.3 is 6.55 Å². The summed E-state index contributed by atoms with van der Waals surface area (Å²) in [6.45, 7) is -1.53. The zero-order valence-electron chi connectivity index (χ0n) is 14.3.